The average Bonchev–Trinajstić information content (AvgIpc) is 3.39. The van der Waals surface area contributed by atoms with E-state index in [1.54, 1.807) is 29.8 Å². The number of thiazole rings is 1. The normalized spacial score (nSPS) is 11.0. The Morgan fingerprint density at radius 1 is 1.12 bits per heavy atom. The van der Waals surface area contributed by atoms with Crippen molar-refractivity contribution in [3.05, 3.63) is 81.6 Å². The smallest absolute Gasteiger partial charge is 0.282 e. The van der Waals surface area contributed by atoms with E-state index in [9.17, 15) is 14.7 Å². The SMILES string of the molecule is COc1cccc(-c2csc3nc(NC(=O)c4nn(-c5cccc(C)c5)c(=O)cc4O)nn23)c1. The van der Waals surface area contributed by atoms with E-state index < -0.39 is 17.2 Å². The van der Waals surface area contributed by atoms with Crippen LogP contribution < -0.4 is 15.6 Å². The highest BCUT2D eigenvalue weighted by atomic mass is 32.1. The average molecular weight is 475 g/mol. The van der Waals surface area contributed by atoms with Gasteiger partial charge in [-0.15, -0.1) is 16.4 Å². The second-order valence-corrected chi connectivity index (χ2v) is 8.24. The van der Waals surface area contributed by atoms with Gasteiger partial charge >= 0.3 is 0 Å². The number of ether oxygens (including phenoxy) is 1. The fraction of sp³-hybridized carbons (Fsp3) is 0.0870. The molecule has 0 aliphatic rings. The molecular weight excluding hydrogens is 456 g/mol. The summed E-state index contributed by atoms with van der Waals surface area (Å²) in [6.07, 6.45) is 0. The van der Waals surface area contributed by atoms with Crippen molar-refractivity contribution < 1.29 is 14.6 Å². The Morgan fingerprint density at radius 2 is 1.94 bits per heavy atom. The maximum absolute atomic E-state index is 12.9. The van der Waals surface area contributed by atoms with Crippen LogP contribution in [0.5, 0.6) is 11.5 Å². The van der Waals surface area contributed by atoms with Gasteiger partial charge in [0, 0.05) is 17.0 Å². The van der Waals surface area contributed by atoms with E-state index in [1.807, 2.05) is 42.6 Å². The van der Waals surface area contributed by atoms with Gasteiger partial charge in [-0.25, -0.2) is 4.52 Å². The summed E-state index contributed by atoms with van der Waals surface area (Å²) in [6.45, 7) is 1.87. The third-order valence-corrected chi connectivity index (χ3v) is 5.86. The molecule has 10 nitrogen and oxygen atoms in total. The molecule has 5 rings (SSSR count). The Balaban J connectivity index is 1.47. The van der Waals surface area contributed by atoms with Gasteiger partial charge in [0.25, 0.3) is 17.4 Å². The van der Waals surface area contributed by atoms with Crippen LogP contribution in [0, 0.1) is 6.92 Å². The molecule has 5 aromatic rings. The van der Waals surface area contributed by atoms with Gasteiger partial charge in [0.15, 0.2) is 11.4 Å². The van der Waals surface area contributed by atoms with Crippen LogP contribution in [0.25, 0.3) is 21.9 Å². The fourth-order valence-corrected chi connectivity index (χ4v) is 4.26. The van der Waals surface area contributed by atoms with Gasteiger partial charge < -0.3 is 9.84 Å². The van der Waals surface area contributed by atoms with Crippen molar-refractivity contribution in [3.8, 4) is 28.4 Å². The van der Waals surface area contributed by atoms with Gasteiger partial charge in [-0.2, -0.15) is 14.8 Å². The molecule has 1 amide bonds. The zero-order chi connectivity index (χ0) is 23.8. The molecule has 0 bridgehead atoms. The summed E-state index contributed by atoms with van der Waals surface area (Å²) < 4.78 is 7.95. The van der Waals surface area contributed by atoms with E-state index in [0.717, 1.165) is 27.6 Å². The number of rotatable bonds is 5. The molecule has 0 saturated heterocycles. The maximum Gasteiger partial charge on any atom is 0.282 e. The maximum atomic E-state index is 12.9. The second-order valence-electron chi connectivity index (χ2n) is 7.40. The Morgan fingerprint density at radius 3 is 2.74 bits per heavy atom. The topological polar surface area (TPSA) is 124 Å². The lowest BCUT2D eigenvalue weighted by Gasteiger charge is -2.09. The molecule has 0 aliphatic heterocycles. The predicted octanol–water partition coefficient (Wildman–Crippen LogP) is 3.28. The van der Waals surface area contributed by atoms with E-state index in [4.69, 9.17) is 4.74 Å². The van der Waals surface area contributed by atoms with Gasteiger partial charge in [-0.05, 0) is 36.8 Å². The Bertz CT molecular complexity index is 1600. The van der Waals surface area contributed by atoms with Gasteiger partial charge in [0.05, 0.1) is 18.5 Å². The number of aryl methyl sites for hydroxylation is 1. The summed E-state index contributed by atoms with van der Waals surface area (Å²) in [5, 5.41) is 23.1. The highest BCUT2D eigenvalue weighted by molar-refractivity contribution is 7.15. The van der Waals surface area contributed by atoms with Crippen LogP contribution in [0.1, 0.15) is 16.1 Å². The highest BCUT2D eigenvalue weighted by Gasteiger charge is 2.20. The second kappa shape index (κ2) is 8.45. The standard InChI is InChI=1S/C23H18N6O4S/c1-13-5-3-7-15(9-13)28-19(31)11-18(30)20(26-28)21(32)24-22-25-23-29(27-22)17(12-34-23)14-6-4-8-16(10-14)33-2/h3-12,30H,1-2H3,(H,24,27,32). The highest BCUT2D eigenvalue weighted by Crippen LogP contribution is 2.28. The van der Waals surface area contributed by atoms with Gasteiger partial charge in [-0.3, -0.25) is 14.9 Å². The number of carbonyl (C=O) groups excluding carboxylic acids is 1. The number of hydrogen-bond acceptors (Lipinski definition) is 8. The zero-order valence-electron chi connectivity index (χ0n) is 18.1. The first kappa shape index (κ1) is 21.3. The Kier molecular flexibility index (Phi) is 5.30. The fourth-order valence-electron chi connectivity index (χ4n) is 3.43. The first-order valence-corrected chi connectivity index (χ1v) is 11.0. The number of anilines is 1. The molecule has 0 atom stereocenters. The van der Waals surface area contributed by atoms with Crippen molar-refractivity contribution in [2.24, 2.45) is 0 Å². The van der Waals surface area contributed by atoms with E-state index in [0.29, 0.717) is 16.4 Å². The van der Waals surface area contributed by atoms with Crippen molar-refractivity contribution in [1.29, 1.82) is 0 Å². The molecule has 3 heterocycles. The van der Waals surface area contributed by atoms with Crippen LogP contribution in [-0.4, -0.2) is 42.5 Å². The number of aromatic nitrogens is 5. The number of amides is 1. The third-order valence-electron chi connectivity index (χ3n) is 5.05. The molecule has 0 aliphatic carbocycles. The summed E-state index contributed by atoms with van der Waals surface area (Å²) in [7, 11) is 1.59. The summed E-state index contributed by atoms with van der Waals surface area (Å²) in [6, 6.07) is 15.5. The minimum atomic E-state index is -0.750. The van der Waals surface area contributed by atoms with Crippen molar-refractivity contribution in [3.63, 3.8) is 0 Å². The lowest BCUT2D eigenvalue weighted by atomic mass is 10.2. The third kappa shape index (κ3) is 3.88. The number of methoxy groups -OCH3 is 1. The van der Waals surface area contributed by atoms with Crippen molar-refractivity contribution in [1.82, 2.24) is 24.4 Å². The molecule has 3 aromatic heterocycles. The first-order valence-electron chi connectivity index (χ1n) is 10.1. The molecule has 0 unspecified atom stereocenters. The molecule has 11 heteroatoms. The van der Waals surface area contributed by atoms with Crippen LogP contribution >= 0.6 is 11.3 Å². The van der Waals surface area contributed by atoms with Crippen LogP contribution in [0.4, 0.5) is 5.95 Å². The summed E-state index contributed by atoms with van der Waals surface area (Å²) >= 11 is 1.36. The molecule has 170 valence electrons. The minimum absolute atomic E-state index is 0.0375. The molecule has 2 aromatic carbocycles. The lowest BCUT2D eigenvalue weighted by molar-refractivity contribution is 0.101. The van der Waals surface area contributed by atoms with Crippen LogP contribution in [0.3, 0.4) is 0 Å². The van der Waals surface area contributed by atoms with E-state index >= 15 is 0 Å². The minimum Gasteiger partial charge on any atom is -0.505 e. The van der Waals surface area contributed by atoms with E-state index in [1.165, 1.54) is 11.3 Å². The lowest BCUT2D eigenvalue weighted by Crippen LogP contribution is -2.25. The number of aromatic hydroxyl groups is 1. The van der Waals surface area contributed by atoms with Gasteiger partial charge in [0.1, 0.15) is 5.75 Å². The largest absolute Gasteiger partial charge is 0.505 e. The molecule has 0 spiro atoms. The van der Waals surface area contributed by atoms with E-state index in [2.05, 4.69) is 20.5 Å². The predicted molar refractivity (Wildman–Crippen MR) is 127 cm³/mol. The molecular formula is C23H18N6O4S. The quantitative estimate of drug-likeness (QED) is 0.401. The van der Waals surface area contributed by atoms with Crippen LogP contribution in [-0.2, 0) is 0 Å². The van der Waals surface area contributed by atoms with Crippen LogP contribution in [0.2, 0.25) is 0 Å². The number of fused-ring (bicyclic) bond motifs is 1. The molecule has 0 fully saturated rings. The zero-order valence-corrected chi connectivity index (χ0v) is 18.9. The number of benzene rings is 2. The van der Waals surface area contributed by atoms with Crippen LogP contribution in [0.15, 0.2) is 64.8 Å². The summed E-state index contributed by atoms with van der Waals surface area (Å²) in [5.74, 6) is -0.546. The number of nitrogens with one attached hydrogen (secondary N) is 1. The van der Waals surface area contributed by atoms with Crippen molar-refractivity contribution in [2.45, 2.75) is 6.92 Å². The molecule has 0 saturated carbocycles. The number of carbonyl (C=O) groups is 1. The monoisotopic (exact) mass is 474 g/mol. The Labute approximate surface area is 196 Å². The molecule has 2 N–H and O–H groups in total. The van der Waals surface area contributed by atoms with E-state index in [-0.39, 0.29) is 11.6 Å². The van der Waals surface area contributed by atoms with Crippen molar-refractivity contribution >= 4 is 28.2 Å². The Hall–Kier alpha value is -4.51. The number of hydrogen-bond donors (Lipinski definition) is 2. The summed E-state index contributed by atoms with van der Waals surface area (Å²) in [5.41, 5.74) is 2.15. The summed E-state index contributed by atoms with van der Waals surface area (Å²) in [4.78, 5) is 30.1. The molecule has 34 heavy (non-hydrogen) atoms. The number of nitrogens with zero attached hydrogens (tertiary/aromatic N) is 5. The van der Waals surface area contributed by atoms with Gasteiger partial charge in [0.2, 0.25) is 4.96 Å². The van der Waals surface area contributed by atoms with Crippen molar-refractivity contribution in [2.75, 3.05) is 12.4 Å². The first-order chi connectivity index (χ1) is 16.4. The van der Waals surface area contributed by atoms with Gasteiger partial charge in [-0.1, -0.05) is 24.3 Å². The molecule has 0 radical (unpaired) electrons.